The third-order valence-corrected chi connectivity index (χ3v) is 4.26. The number of aliphatic imine (C=N–C) groups is 1. The standard InChI is InChI=1S/C20H22N4O/c1-14(15-4-3-5-18(10-15)25-2)19-7-6-16(17-12-23-24-13-17)11-20(19)22-9-8-21/h3-7,9-14H,8,21H2,1-2H3,(H,23,24). The minimum Gasteiger partial charge on any atom is -0.497 e. The van der Waals surface area contributed by atoms with Crippen LogP contribution in [-0.4, -0.2) is 30.1 Å². The Hall–Kier alpha value is -2.92. The van der Waals surface area contributed by atoms with Crippen molar-refractivity contribution in [3.63, 3.8) is 0 Å². The van der Waals surface area contributed by atoms with Gasteiger partial charge in [-0.1, -0.05) is 31.2 Å². The summed E-state index contributed by atoms with van der Waals surface area (Å²) >= 11 is 0. The van der Waals surface area contributed by atoms with E-state index in [4.69, 9.17) is 10.5 Å². The minimum atomic E-state index is 0.179. The monoisotopic (exact) mass is 334 g/mol. The van der Waals surface area contributed by atoms with Crippen molar-refractivity contribution in [2.45, 2.75) is 12.8 Å². The second kappa shape index (κ2) is 7.77. The quantitative estimate of drug-likeness (QED) is 0.671. The van der Waals surface area contributed by atoms with Crippen LogP contribution in [0.4, 0.5) is 5.69 Å². The maximum atomic E-state index is 5.60. The van der Waals surface area contributed by atoms with Gasteiger partial charge in [0.05, 0.1) is 19.0 Å². The van der Waals surface area contributed by atoms with Crippen LogP contribution in [0.1, 0.15) is 24.0 Å². The summed E-state index contributed by atoms with van der Waals surface area (Å²) in [7, 11) is 1.68. The summed E-state index contributed by atoms with van der Waals surface area (Å²) in [6.07, 6.45) is 5.41. The number of rotatable bonds is 6. The third-order valence-electron chi connectivity index (χ3n) is 4.26. The van der Waals surface area contributed by atoms with Crippen molar-refractivity contribution in [3.8, 4) is 16.9 Å². The van der Waals surface area contributed by atoms with Crippen LogP contribution in [-0.2, 0) is 0 Å². The first-order valence-electron chi connectivity index (χ1n) is 8.22. The van der Waals surface area contributed by atoms with Crippen molar-refractivity contribution in [2.24, 2.45) is 10.7 Å². The highest BCUT2D eigenvalue weighted by Crippen LogP contribution is 2.35. The second-order valence-electron chi connectivity index (χ2n) is 5.81. The average Bonchev–Trinajstić information content (AvgIpc) is 3.20. The van der Waals surface area contributed by atoms with Gasteiger partial charge in [-0.05, 0) is 34.9 Å². The highest BCUT2D eigenvalue weighted by atomic mass is 16.5. The average molecular weight is 334 g/mol. The zero-order valence-electron chi connectivity index (χ0n) is 14.4. The number of aromatic nitrogens is 2. The maximum absolute atomic E-state index is 5.60. The Labute approximate surface area is 147 Å². The maximum Gasteiger partial charge on any atom is 0.119 e. The van der Waals surface area contributed by atoms with Crippen molar-refractivity contribution in [3.05, 3.63) is 66.0 Å². The van der Waals surface area contributed by atoms with Gasteiger partial charge in [0.15, 0.2) is 0 Å². The van der Waals surface area contributed by atoms with Gasteiger partial charge in [0.1, 0.15) is 5.75 Å². The van der Waals surface area contributed by atoms with E-state index in [1.165, 1.54) is 5.56 Å². The molecule has 5 heteroatoms. The zero-order chi connectivity index (χ0) is 17.6. The lowest BCUT2D eigenvalue weighted by Crippen LogP contribution is -2.00. The fourth-order valence-electron chi connectivity index (χ4n) is 2.85. The van der Waals surface area contributed by atoms with Crippen LogP contribution in [0, 0.1) is 0 Å². The largest absolute Gasteiger partial charge is 0.497 e. The van der Waals surface area contributed by atoms with E-state index in [9.17, 15) is 0 Å². The summed E-state index contributed by atoms with van der Waals surface area (Å²) in [4.78, 5) is 4.57. The number of methoxy groups -OCH3 is 1. The molecule has 0 amide bonds. The first-order chi connectivity index (χ1) is 12.2. The topological polar surface area (TPSA) is 76.3 Å². The van der Waals surface area contributed by atoms with Gasteiger partial charge in [0.2, 0.25) is 0 Å². The molecule has 25 heavy (non-hydrogen) atoms. The Bertz CT molecular complexity index is 856. The van der Waals surface area contributed by atoms with E-state index in [2.05, 4.69) is 52.4 Å². The molecule has 3 aromatic rings. The molecule has 1 atom stereocenters. The molecule has 2 aromatic carbocycles. The van der Waals surface area contributed by atoms with E-state index in [0.717, 1.165) is 28.1 Å². The number of H-pyrrole nitrogens is 1. The molecule has 0 spiro atoms. The van der Waals surface area contributed by atoms with Crippen LogP contribution < -0.4 is 10.5 Å². The highest BCUT2D eigenvalue weighted by molar-refractivity contribution is 5.73. The van der Waals surface area contributed by atoms with Gasteiger partial charge in [0, 0.05) is 30.4 Å². The number of benzene rings is 2. The van der Waals surface area contributed by atoms with Gasteiger partial charge in [-0.2, -0.15) is 5.10 Å². The van der Waals surface area contributed by atoms with Crippen molar-refractivity contribution in [2.75, 3.05) is 13.7 Å². The molecular weight excluding hydrogens is 312 g/mol. The SMILES string of the molecule is COc1cccc(C(C)c2ccc(-c3cn[nH]c3)cc2N=CCN)c1. The molecule has 1 heterocycles. The van der Waals surface area contributed by atoms with Gasteiger partial charge in [0.25, 0.3) is 0 Å². The number of ether oxygens (including phenoxy) is 1. The van der Waals surface area contributed by atoms with E-state index >= 15 is 0 Å². The third kappa shape index (κ3) is 3.78. The van der Waals surface area contributed by atoms with E-state index in [1.54, 1.807) is 19.5 Å². The number of hydrogen-bond donors (Lipinski definition) is 2. The molecule has 0 radical (unpaired) electrons. The van der Waals surface area contributed by atoms with Crippen molar-refractivity contribution in [1.29, 1.82) is 0 Å². The summed E-state index contributed by atoms with van der Waals surface area (Å²) in [5, 5.41) is 6.86. The second-order valence-corrected chi connectivity index (χ2v) is 5.81. The van der Waals surface area contributed by atoms with Crippen molar-refractivity contribution < 1.29 is 4.74 Å². The number of nitrogens with two attached hydrogens (primary N) is 1. The Balaban J connectivity index is 2.03. The molecule has 0 aliphatic heterocycles. The van der Waals surface area contributed by atoms with Gasteiger partial charge in [-0.25, -0.2) is 0 Å². The smallest absolute Gasteiger partial charge is 0.119 e. The lowest BCUT2D eigenvalue weighted by Gasteiger charge is -2.17. The number of hydrogen-bond acceptors (Lipinski definition) is 4. The van der Waals surface area contributed by atoms with Crippen molar-refractivity contribution in [1.82, 2.24) is 10.2 Å². The summed E-state index contributed by atoms with van der Waals surface area (Å²) in [6.45, 7) is 2.58. The Kier molecular flexibility index (Phi) is 5.26. The molecule has 0 saturated carbocycles. The molecule has 0 aliphatic rings. The highest BCUT2D eigenvalue weighted by Gasteiger charge is 2.14. The Morgan fingerprint density at radius 3 is 2.84 bits per heavy atom. The molecular formula is C20H22N4O. The van der Waals surface area contributed by atoms with Crippen LogP contribution in [0.3, 0.4) is 0 Å². The minimum absolute atomic E-state index is 0.179. The van der Waals surface area contributed by atoms with Gasteiger partial charge >= 0.3 is 0 Å². The zero-order valence-corrected chi connectivity index (χ0v) is 14.4. The molecule has 0 fully saturated rings. The lowest BCUT2D eigenvalue weighted by molar-refractivity contribution is 0.414. The lowest BCUT2D eigenvalue weighted by atomic mass is 9.90. The molecule has 1 aromatic heterocycles. The van der Waals surface area contributed by atoms with E-state index in [0.29, 0.717) is 6.54 Å². The van der Waals surface area contributed by atoms with Crippen LogP contribution in [0.25, 0.3) is 11.1 Å². The van der Waals surface area contributed by atoms with Crippen LogP contribution >= 0.6 is 0 Å². The summed E-state index contributed by atoms with van der Waals surface area (Å²) in [5.41, 5.74) is 10.9. The molecule has 0 aliphatic carbocycles. The Morgan fingerprint density at radius 2 is 2.12 bits per heavy atom. The Morgan fingerprint density at radius 1 is 1.24 bits per heavy atom. The molecule has 128 valence electrons. The first-order valence-corrected chi connectivity index (χ1v) is 8.22. The number of nitrogens with one attached hydrogen (secondary N) is 1. The predicted molar refractivity (Wildman–Crippen MR) is 102 cm³/mol. The summed E-state index contributed by atoms with van der Waals surface area (Å²) in [5.74, 6) is 1.03. The van der Waals surface area contributed by atoms with E-state index in [-0.39, 0.29) is 5.92 Å². The molecule has 0 saturated heterocycles. The number of aromatic amines is 1. The molecule has 3 rings (SSSR count). The molecule has 0 bridgehead atoms. The van der Waals surface area contributed by atoms with E-state index in [1.807, 2.05) is 18.3 Å². The fraction of sp³-hybridized carbons (Fsp3) is 0.200. The number of nitrogens with zero attached hydrogens (tertiary/aromatic N) is 2. The molecule has 1 unspecified atom stereocenters. The van der Waals surface area contributed by atoms with Gasteiger partial charge in [-0.15, -0.1) is 0 Å². The summed E-state index contributed by atoms with van der Waals surface area (Å²) < 4.78 is 5.35. The normalized spacial score (nSPS) is 12.4. The van der Waals surface area contributed by atoms with Gasteiger partial charge in [-0.3, -0.25) is 10.1 Å². The van der Waals surface area contributed by atoms with Crippen LogP contribution in [0.2, 0.25) is 0 Å². The molecule has 3 N–H and O–H groups in total. The predicted octanol–water partition coefficient (Wildman–Crippen LogP) is 3.90. The van der Waals surface area contributed by atoms with Gasteiger partial charge < -0.3 is 10.5 Å². The summed E-state index contributed by atoms with van der Waals surface area (Å²) in [6, 6.07) is 14.4. The van der Waals surface area contributed by atoms with E-state index < -0.39 is 0 Å². The van der Waals surface area contributed by atoms with Crippen molar-refractivity contribution >= 4 is 11.9 Å². The first kappa shape index (κ1) is 16.9. The van der Waals surface area contributed by atoms with Crippen LogP contribution in [0.15, 0.2) is 59.9 Å². The van der Waals surface area contributed by atoms with Crippen LogP contribution in [0.5, 0.6) is 5.75 Å². The fourth-order valence-corrected chi connectivity index (χ4v) is 2.85. The molecule has 5 nitrogen and oxygen atoms in total.